The smallest absolute Gasteiger partial charge is 0.0471 e. The fourth-order valence-electron chi connectivity index (χ4n) is 2.42. The number of likely N-dealkylation sites (tertiary alicyclic amines) is 1. The average Bonchev–Trinajstić information content (AvgIpc) is 2.65. The SMILES string of the molecule is CC(C)CCCC(C)N1CCC(CO)C1. The number of hydrogen-bond donors (Lipinski definition) is 1. The zero-order valence-corrected chi connectivity index (χ0v) is 10.6. The second kappa shape index (κ2) is 6.49. The summed E-state index contributed by atoms with van der Waals surface area (Å²) in [6.45, 7) is 9.59. The van der Waals surface area contributed by atoms with Crippen LogP contribution in [0.3, 0.4) is 0 Å². The lowest BCUT2D eigenvalue weighted by Crippen LogP contribution is -2.31. The Labute approximate surface area is 94.7 Å². The highest BCUT2D eigenvalue weighted by Crippen LogP contribution is 2.21. The molecule has 1 aliphatic rings. The number of aliphatic hydroxyl groups is 1. The second-order valence-corrected chi connectivity index (χ2v) is 5.51. The number of aliphatic hydroxyl groups excluding tert-OH is 1. The summed E-state index contributed by atoms with van der Waals surface area (Å²) in [5, 5.41) is 9.09. The largest absolute Gasteiger partial charge is 0.396 e. The molecular weight excluding hydrogens is 186 g/mol. The highest BCUT2D eigenvalue weighted by atomic mass is 16.3. The Kier molecular flexibility index (Phi) is 5.62. The van der Waals surface area contributed by atoms with Gasteiger partial charge in [0.05, 0.1) is 0 Å². The van der Waals surface area contributed by atoms with Crippen LogP contribution in [0.25, 0.3) is 0 Å². The van der Waals surface area contributed by atoms with Crippen LogP contribution in [0.4, 0.5) is 0 Å². The maximum absolute atomic E-state index is 9.09. The van der Waals surface area contributed by atoms with E-state index in [2.05, 4.69) is 25.7 Å². The van der Waals surface area contributed by atoms with Crippen LogP contribution in [0.2, 0.25) is 0 Å². The van der Waals surface area contributed by atoms with Crippen LogP contribution in [-0.4, -0.2) is 35.7 Å². The Hall–Kier alpha value is -0.0800. The second-order valence-electron chi connectivity index (χ2n) is 5.51. The molecule has 2 atom stereocenters. The van der Waals surface area contributed by atoms with Gasteiger partial charge in [-0.15, -0.1) is 0 Å². The van der Waals surface area contributed by atoms with E-state index in [4.69, 9.17) is 5.11 Å². The standard InChI is InChI=1S/C13H27NO/c1-11(2)5-4-6-12(3)14-8-7-13(9-14)10-15/h11-13,15H,4-10H2,1-3H3. The van der Waals surface area contributed by atoms with Crippen molar-refractivity contribution >= 4 is 0 Å². The van der Waals surface area contributed by atoms with Crippen molar-refractivity contribution in [1.82, 2.24) is 4.90 Å². The van der Waals surface area contributed by atoms with Gasteiger partial charge in [-0.3, -0.25) is 0 Å². The third kappa shape index (κ3) is 4.52. The van der Waals surface area contributed by atoms with Gasteiger partial charge in [-0.2, -0.15) is 0 Å². The molecule has 1 rings (SSSR count). The molecule has 0 aliphatic carbocycles. The zero-order valence-electron chi connectivity index (χ0n) is 10.6. The van der Waals surface area contributed by atoms with E-state index >= 15 is 0 Å². The van der Waals surface area contributed by atoms with Crippen molar-refractivity contribution < 1.29 is 5.11 Å². The highest BCUT2D eigenvalue weighted by Gasteiger charge is 2.24. The molecule has 2 unspecified atom stereocenters. The normalized spacial score (nSPS) is 25.0. The molecule has 2 nitrogen and oxygen atoms in total. The van der Waals surface area contributed by atoms with Crippen molar-refractivity contribution in [2.45, 2.75) is 52.5 Å². The summed E-state index contributed by atoms with van der Waals surface area (Å²) < 4.78 is 0. The first-order chi connectivity index (χ1) is 7.13. The van der Waals surface area contributed by atoms with Gasteiger partial charge in [0, 0.05) is 19.2 Å². The van der Waals surface area contributed by atoms with Crippen LogP contribution in [0.5, 0.6) is 0 Å². The van der Waals surface area contributed by atoms with Crippen molar-refractivity contribution in [2.75, 3.05) is 19.7 Å². The third-order valence-electron chi connectivity index (χ3n) is 3.60. The van der Waals surface area contributed by atoms with Crippen molar-refractivity contribution in [2.24, 2.45) is 11.8 Å². The van der Waals surface area contributed by atoms with Crippen molar-refractivity contribution in [3.05, 3.63) is 0 Å². The number of rotatable bonds is 6. The maximum Gasteiger partial charge on any atom is 0.0471 e. The topological polar surface area (TPSA) is 23.5 Å². The molecule has 2 heteroatoms. The maximum atomic E-state index is 9.09. The Morgan fingerprint density at radius 3 is 2.53 bits per heavy atom. The van der Waals surface area contributed by atoms with Gasteiger partial charge in [0.15, 0.2) is 0 Å². The molecule has 0 radical (unpaired) electrons. The van der Waals surface area contributed by atoms with E-state index in [0.717, 1.165) is 12.5 Å². The van der Waals surface area contributed by atoms with E-state index in [9.17, 15) is 0 Å². The zero-order chi connectivity index (χ0) is 11.3. The molecule has 1 heterocycles. The summed E-state index contributed by atoms with van der Waals surface area (Å²) in [4.78, 5) is 2.54. The molecule has 90 valence electrons. The van der Waals surface area contributed by atoms with Crippen molar-refractivity contribution in [3.63, 3.8) is 0 Å². The van der Waals surface area contributed by atoms with Gasteiger partial charge in [0.25, 0.3) is 0 Å². The summed E-state index contributed by atoms with van der Waals surface area (Å²) in [6.07, 6.45) is 5.20. The lowest BCUT2D eigenvalue weighted by molar-refractivity contribution is 0.197. The summed E-state index contributed by atoms with van der Waals surface area (Å²) in [6, 6.07) is 0.709. The van der Waals surface area contributed by atoms with E-state index in [1.165, 1.54) is 32.2 Å². The molecule has 1 saturated heterocycles. The van der Waals surface area contributed by atoms with Gasteiger partial charge in [-0.1, -0.05) is 26.7 Å². The molecule has 0 aromatic rings. The van der Waals surface area contributed by atoms with Crippen molar-refractivity contribution in [3.8, 4) is 0 Å². The van der Waals surface area contributed by atoms with Gasteiger partial charge in [0.2, 0.25) is 0 Å². The Morgan fingerprint density at radius 2 is 2.00 bits per heavy atom. The van der Waals surface area contributed by atoms with Crippen LogP contribution >= 0.6 is 0 Å². The molecule has 15 heavy (non-hydrogen) atoms. The van der Waals surface area contributed by atoms with E-state index in [1.54, 1.807) is 0 Å². The van der Waals surface area contributed by atoms with Gasteiger partial charge < -0.3 is 10.0 Å². The van der Waals surface area contributed by atoms with E-state index in [-0.39, 0.29) is 0 Å². The Bertz CT molecular complexity index is 170. The predicted molar refractivity (Wildman–Crippen MR) is 64.9 cm³/mol. The summed E-state index contributed by atoms with van der Waals surface area (Å²) in [5.41, 5.74) is 0. The first kappa shape index (κ1) is 13.0. The predicted octanol–water partition coefficient (Wildman–Crippen LogP) is 2.52. The summed E-state index contributed by atoms with van der Waals surface area (Å²) in [7, 11) is 0. The van der Waals surface area contributed by atoms with Gasteiger partial charge in [0.1, 0.15) is 0 Å². The van der Waals surface area contributed by atoms with Crippen LogP contribution in [-0.2, 0) is 0 Å². The Morgan fingerprint density at radius 1 is 1.27 bits per heavy atom. The lowest BCUT2D eigenvalue weighted by atomic mass is 10.0. The van der Waals surface area contributed by atoms with E-state index in [1.807, 2.05) is 0 Å². The molecule has 0 spiro atoms. The molecule has 1 N–H and O–H groups in total. The minimum Gasteiger partial charge on any atom is -0.396 e. The van der Waals surface area contributed by atoms with Crippen LogP contribution < -0.4 is 0 Å². The molecule has 0 aromatic heterocycles. The monoisotopic (exact) mass is 213 g/mol. The average molecular weight is 213 g/mol. The molecule has 0 saturated carbocycles. The van der Waals surface area contributed by atoms with E-state index < -0.39 is 0 Å². The van der Waals surface area contributed by atoms with Crippen LogP contribution in [0, 0.1) is 11.8 Å². The minimum atomic E-state index is 0.370. The molecule has 1 fully saturated rings. The lowest BCUT2D eigenvalue weighted by Gasteiger charge is -2.24. The number of hydrogen-bond acceptors (Lipinski definition) is 2. The molecule has 0 aromatic carbocycles. The molecule has 1 aliphatic heterocycles. The third-order valence-corrected chi connectivity index (χ3v) is 3.60. The molecule has 0 amide bonds. The summed E-state index contributed by atoms with van der Waals surface area (Å²) >= 11 is 0. The first-order valence-electron chi connectivity index (χ1n) is 6.48. The summed E-state index contributed by atoms with van der Waals surface area (Å²) in [5.74, 6) is 1.37. The highest BCUT2D eigenvalue weighted by molar-refractivity contribution is 4.78. The van der Waals surface area contributed by atoms with Gasteiger partial charge in [-0.05, 0) is 38.1 Å². The fraction of sp³-hybridized carbons (Fsp3) is 1.00. The van der Waals surface area contributed by atoms with Gasteiger partial charge >= 0.3 is 0 Å². The minimum absolute atomic E-state index is 0.370. The number of nitrogens with zero attached hydrogens (tertiary/aromatic N) is 1. The van der Waals surface area contributed by atoms with Crippen LogP contribution in [0.15, 0.2) is 0 Å². The molecular formula is C13H27NO. The fourth-order valence-corrected chi connectivity index (χ4v) is 2.42. The van der Waals surface area contributed by atoms with E-state index in [0.29, 0.717) is 18.6 Å². The van der Waals surface area contributed by atoms with Gasteiger partial charge in [-0.25, -0.2) is 0 Å². The Balaban J connectivity index is 2.14. The first-order valence-corrected chi connectivity index (χ1v) is 6.48. The molecule has 0 bridgehead atoms. The quantitative estimate of drug-likeness (QED) is 0.733. The van der Waals surface area contributed by atoms with Crippen molar-refractivity contribution in [1.29, 1.82) is 0 Å². The van der Waals surface area contributed by atoms with Crippen LogP contribution in [0.1, 0.15) is 46.5 Å².